The Balaban J connectivity index is 2.19. The second-order valence-electron chi connectivity index (χ2n) is 5.48. The lowest BCUT2D eigenvalue weighted by molar-refractivity contribution is 0.548. The molecule has 0 atom stereocenters. The summed E-state index contributed by atoms with van der Waals surface area (Å²) < 4.78 is 60.5. The van der Waals surface area contributed by atoms with Crippen molar-refractivity contribution in [2.75, 3.05) is 6.26 Å². The maximum atomic E-state index is 13.4. The van der Waals surface area contributed by atoms with Crippen LogP contribution < -0.4 is 0 Å². The molecule has 136 valence electrons. The zero-order valence-electron chi connectivity index (χ0n) is 13.3. The van der Waals surface area contributed by atoms with E-state index in [9.17, 15) is 20.7 Å². The Morgan fingerprint density at radius 1 is 0.962 bits per heavy atom. The van der Waals surface area contributed by atoms with Crippen LogP contribution in [0.15, 0.2) is 64.6 Å². The Bertz CT molecular complexity index is 1170. The molecule has 2 aromatic carbocycles. The van der Waals surface area contributed by atoms with Crippen LogP contribution in [0.4, 0.5) is 3.89 Å². The Labute approximate surface area is 155 Å². The number of rotatable bonds is 4. The van der Waals surface area contributed by atoms with Crippen molar-refractivity contribution >= 4 is 31.7 Å². The molecule has 3 rings (SSSR count). The highest BCUT2D eigenvalue weighted by Gasteiger charge is 2.21. The molecule has 0 saturated carbocycles. The number of aromatic nitrogens is 2. The van der Waals surface area contributed by atoms with Crippen molar-refractivity contribution in [1.82, 2.24) is 9.55 Å². The highest BCUT2D eigenvalue weighted by Crippen LogP contribution is 2.27. The zero-order chi connectivity index (χ0) is 19.1. The Morgan fingerprint density at radius 3 is 2.04 bits per heavy atom. The third-order valence-corrected chi connectivity index (χ3v) is 5.66. The van der Waals surface area contributed by atoms with Gasteiger partial charge in [0.25, 0.3) is 0 Å². The van der Waals surface area contributed by atoms with Gasteiger partial charge in [0.1, 0.15) is 5.82 Å². The van der Waals surface area contributed by atoms with Crippen LogP contribution >= 0.6 is 11.6 Å². The lowest BCUT2D eigenvalue weighted by Crippen LogP contribution is -1.99. The first-order valence-corrected chi connectivity index (χ1v) is 10.8. The minimum absolute atomic E-state index is 0.104. The number of hydrogen-bond acceptors (Lipinski definition) is 5. The van der Waals surface area contributed by atoms with Gasteiger partial charge in [-0.15, -0.1) is 0 Å². The summed E-state index contributed by atoms with van der Waals surface area (Å²) in [6, 6.07) is 12.1. The minimum Gasteiger partial charge on any atom is -0.298 e. The third-order valence-electron chi connectivity index (χ3n) is 3.58. The fraction of sp³-hybridized carbons (Fsp3) is 0.0625. The molecule has 0 saturated heterocycles. The number of nitrogens with zero attached hydrogens (tertiary/aromatic N) is 2. The van der Waals surface area contributed by atoms with E-state index in [2.05, 4.69) is 4.98 Å². The lowest BCUT2D eigenvalue weighted by atomic mass is 10.2. The van der Waals surface area contributed by atoms with Gasteiger partial charge in [-0.2, -0.15) is 8.42 Å². The number of halogens is 2. The van der Waals surface area contributed by atoms with Crippen molar-refractivity contribution in [3.63, 3.8) is 0 Å². The molecule has 10 heteroatoms. The van der Waals surface area contributed by atoms with Crippen LogP contribution in [-0.2, 0) is 20.1 Å². The van der Waals surface area contributed by atoms with Gasteiger partial charge >= 0.3 is 10.2 Å². The molecule has 0 spiro atoms. The van der Waals surface area contributed by atoms with E-state index in [0.29, 0.717) is 16.3 Å². The summed E-state index contributed by atoms with van der Waals surface area (Å²) in [6.45, 7) is 0. The molecular weight excluding hydrogens is 403 g/mol. The molecule has 1 heterocycles. The average Bonchev–Trinajstić information content (AvgIpc) is 3.00. The number of imidazole rings is 1. The van der Waals surface area contributed by atoms with E-state index in [-0.39, 0.29) is 10.7 Å². The van der Waals surface area contributed by atoms with Gasteiger partial charge in [0.2, 0.25) is 5.03 Å². The molecule has 0 radical (unpaired) electrons. The van der Waals surface area contributed by atoms with Gasteiger partial charge in [-0.25, -0.2) is 13.4 Å². The molecule has 6 nitrogen and oxygen atoms in total. The zero-order valence-corrected chi connectivity index (χ0v) is 15.7. The van der Waals surface area contributed by atoms with Crippen LogP contribution in [0.3, 0.4) is 0 Å². The van der Waals surface area contributed by atoms with E-state index in [4.69, 9.17) is 11.6 Å². The molecule has 0 aliphatic heterocycles. The maximum absolute atomic E-state index is 13.4. The van der Waals surface area contributed by atoms with Crippen molar-refractivity contribution in [2.45, 2.75) is 9.92 Å². The van der Waals surface area contributed by atoms with Gasteiger partial charge in [0, 0.05) is 22.5 Å². The van der Waals surface area contributed by atoms with Crippen LogP contribution in [0, 0.1) is 0 Å². The Hall–Kier alpha value is -2.23. The van der Waals surface area contributed by atoms with Crippen LogP contribution in [0.2, 0.25) is 5.02 Å². The molecule has 1 aromatic heterocycles. The molecule has 0 fully saturated rings. The van der Waals surface area contributed by atoms with Crippen LogP contribution in [0.25, 0.3) is 17.1 Å². The van der Waals surface area contributed by atoms with E-state index >= 15 is 0 Å². The van der Waals surface area contributed by atoms with E-state index < -0.39 is 25.1 Å². The summed E-state index contributed by atoms with van der Waals surface area (Å²) in [5.74, 6) is 0.171. The first-order valence-electron chi connectivity index (χ1n) is 7.16. The van der Waals surface area contributed by atoms with Crippen molar-refractivity contribution in [2.24, 2.45) is 0 Å². The SMILES string of the molecule is CS(=O)(=O)c1ccc(-n2cc(S(=O)(=O)F)nc2-c2ccc(Cl)cc2)cc1. The fourth-order valence-electron chi connectivity index (χ4n) is 2.33. The first-order chi connectivity index (χ1) is 12.1. The second-order valence-corrected chi connectivity index (χ2v) is 9.23. The highest BCUT2D eigenvalue weighted by molar-refractivity contribution is 7.90. The number of benzene rings is 2. The molecule has 0 unspecified atom stereocenters. The van der Waals surface area contributed by atoms with E-state index in [1.807, 2.05) is 0 Å². The van der Waals surface area contributed by atoms with Gasteiger partial charge in [0.15, 0.2) is 9.84 Å². The third kappa shape index (κ3) is 3.79. The lowest BCUT2D eigenvalue weighted by Gasteiger charge is -2.08. The van der Waals surface area contributed by atoms with Gasteiger partial charge in [-0.3, -0.25) is 4.57 Å². The standard InChI is InChI=1S/C16H12ClFN2O4S2/c1-25(21,22)14-8-6-13(7-9-14)20-10-15(26(18,23)24)19-16(20)11-2-4-12(17)5-3-11/h2-10H,1H3. The minimum atomic E-state index is -5.01. The number of hydrogen-bond donors (Lipinski definition) is 0. The largest absolute Gasteiger partial charge is 0.351 e. The fourth-order valence-corrected chi connectivity index (χ4v) is 3.51. The highest BCUT2D eigenvalue weighted by atomic mass is 35.5. The summed E-state index contributed by atoms with van der Waals surface area (Å²) in [6.07, 6.45) is 2.11. The molecule has 26 heavy (non-hydrogen) atoms. The Kier molecular flexibility index (Phi) is 4.63. The molecular formula is C16H12ClFN2O4S2. The van der Waals surface area contributed by atoms with Crippen molar-refractivity contribution in [3.8, 4) is 17.1 Å². The topological polar surface area (TPSA) is 86.1 Å². The molecule has 0 amide bonds. The van der Waals surface area contributed by atoms with Crippen molar-refractivity contribution in [3.05, 3.63) is 59.8 Å². The van der Waals surface area contributed by atoms with Crippen molar-refractivity contribution < 1.29 is 20.7 Å². The summed E-state index contributed by atoms with van der Waals surface area (Å²) >= 11 is 5.85. The number of sulfone groups is 1. The summed E-state index contributed by atoms with van der Waals surface area (Å²) in [4.78, 5) is 3.97. The van der Waals surface area contributed by atoms with Crippen LogP contribution in [0.1, 0.15) is 0 Å². The van der Waals surface area contributed by atoms with Gasteiger partial charge in [-0.1, -0.05) is 15.5 Å². The van der Waals surface area contributed by atoms with E-state index in [1.165, 1.54) is 28.8 Å². The summed E-state index contributed by atoms with van der Waals surface area (Å²) in [5, 5.41) is -0.266. The quantitative estimate of drug-likeness (QED) is 0.611. The van der Waals surface area contributed by atoms with Crippen LogP contribution in [0.5, 0.6) is 0 Å². The summed E-state index contributed by atoms with van der Waals surface area (Å²) in [7, 11) is -8.40. The first kappa shape index (κ1) is 18.6. The van der Waals surface area contributed by atoms with E-state index in [0.717, 1.165) is 12.5 Å². The monoisotopic (exact) mass is 414 g/mol. The average molecular weight is 415 g/mol. The van der Waals surface area contributed by atoms with Gasteiger partial charge in [-0.05, 0) is 48.5 Å². The molecule has 0 aliphatic carbocycles. The smallest absolute Gasteiger partial charge is 0.298 e. The van der Waals surface area contributed by atoms with Crippen molar-refractivity contribution in [1.29, 1.82) is 0 Å². The molecule has 0 bridgehead atoms. The molecule has 0 aliphatic rings. The van der Waals surface area contributed by atoms with Gasteiger partial charge < -0.3 is 0 Å². The predicted molar refractivity (Wildman–Crippen MR) is 95.4 cm³/mol. The molecule has 0 N–H and O–H groups in total. The maximum Gasteiger partial charge on any atom is 0.351 e. The van der Waals surface area contributed by atoms with Crippen LogP contribution in [-0.4, -0.2) is 32.6 Å². The van der Waals surface area contributed by atoms with Gasteiger partial charge in [0.05, 0.1) is 11.1 Å². The normalized spacial score (nSPS) is 12.3. The summed E-state index contributed by atoms with van der Waals surface area (Å²) in [5.41, 5.74) is 0.932. The predicted octanol–water partition coefficient (Wildman–Crippen LogP) is 3.25. The Morgan fingerprint density at radius 2 is 1.54 bits per heavy atom. The molecule has 3 aromatic rings. The second kappa shape index (κ2) is 6.49. The van der Waals surface area contributed by atoms with E-state index in [1.54, 1.807) is 24.3 Å².